The largest absolute Gasteiger partial charge is 0.506 e. The van der Waals surface area contributed by atoms with Gasteiger partial charge in [0.2, 0.25) is 0 Å². The van der Waals surface area contributed by atoms with Crippen LogP contribution >= 0.6 is 11.6 Å². The number of nitrogens with zero attached hydrogens (tertiary/aromatic N) is 1. The zero-order valence-corrected chi connectivity index (χ0v) is 9.88. The van der Waals surface area contributed by atoms with Crippen molar-refractivity contribution in [3.8, 4) is 5.75 Å². The lowest BCUT2D eigenvalue weighted by atomic mass is 9.87. The van der Waals surface area contributed by atoms with Crippen molar-refractivity contribution in [3.05, 3.63) is 28.3 Å². The van der Waals surface area contributed by atoms with Crippen LogP contribution in [0.25, 0.3) is 0 Å². The zero-order chi connectivity index (χ0) is 11.0. The third kappa shape index (κ3) is 1.97. The molecule has 1 N–H and O–H groups in total. The van der Waals surface area contributed by atoms with Crippen LogP contribution in [-0.2, 0) is 12.8 Å². The highest BCUT2D eigenvalue weighted by molar-refractivity contribution is 6.32. The SMILES string of the molecule is CN(C)C1CCc2c(ccc(O)c2Cl)C1. The van der Waals surface area contributed by atoms with Crippen LogP contribution in [0.15, 0.2) is 12.1 Å². The minimum absolute atomic E-state index is 0.207. The van der Waals surface area contributed by atoms with E-state index >= 15 is 0 Å². The van der Waals surface area contributed by atoms with Gasteiger partial charge in [-0.1, -0.05) is 17.7 Å². The lowest BCUT2D eigenvalue weighted by Crippen LogP contribution is -2.33. The summed E-state index contributed by atoms with van der Waals surface area (Å²) in [4.78, 5) is 2.25. The molecule has 2 rings (SSSR count). The van der Waals surface area contributed by atoms with Crippen molar-refractivity contribution in [1.29, 1.82) is 0 Å². The maximum absolute atomic E-state index is 9.51. The Hall–Kier alpha value is -0.730. The molecule has 1 aromatic rings. The summed E-state index contributed by atoms with van der Waals surface area (Å²) in [5, 5.41) is 10.1. The predicted molar refractivity (Wildman–Crippen MR) is 62.6 cm³/mol. The molecule has 0 saturated heterocycles. The van der Waals surface area contributed by atoms with Crippen LogP contribution < -0.4 is 0 Å². The van der Waals surface area contributed by atoms with Gasteiger partial charge in [0, 0.05) is 6.04 Å². The van der Waals surface area contributed by atoms with E-state index in [4.69, 9.17) is 11.6 Å². The Labute approximate surface area is 95.5 Å². The average molecular weight is 226 g/mol. The van der Waals surface area contributed by atoms with Crippen molar-refractivity contribution in [2.75, 3.05) is 14.1 Å². The lowest BCUT2D eigenvalue weighted by Gasteiger charge is -2.30. The van der Waals surface area contributed by atoms with Crippen molar-refractivity contribution >= 4 is 11.6 Å². The van der Waals surface area contributed by atoms with Crippen molar-refractivity contribution < 1.29 is 5.11 Å². The van der Waals surface area contributed by atoms with E-state index in [1.54, 1.807) is 6.07 Å². The number of hydrogen-bond acceptors (Lipinski definition) is 2. The average Bonchev–Trinajstić information content (AvgIpc) is 2.23. The van der Waals surface area contributed by atoms with Crippen molar-refractivity contribution in [2.45, 2.75) is 25.3 Å². The number of hydrogen-bond donors (Lipinski definition) is 1. The molecule has 15 heavy (non-hydrogen) atoms. The van der Waals surface area contributed by atoms with E-state index in [1.807, 2.05) is 6.07 Å². The van der Waals surface area contributed by atoms with Gasteiger partial charge in [-0.25, -0.2) is 0 Å². The predicted octanol–water partition coefficient (Wildman–Crippen LogP) is 2.46. The first-order valence-electron chi connectivity index (χ1n) is 5.25. The Balaban J connectivity index is 2.32. The minimum atomic E-state index is 0.207. The molecule has 1 aromatic carbocycles. The van der Waals surface area contributed by atoms with Gasteiger partial charge in [-0.3, -0.25) is 0 Å². The minimum Gasteiger partial charge on any atom is -0.506 e. The molecule has 0 fully saturated rings. The van der Waals surface area contributed by atoms with Crippen LogP contribution in [0.2, 0.25) is 5.02 Å². The van der Waals surface area contributed by atoms with Crippen LogP contribution in [0.1, 0.15) is 17.5 Å². The Morgan fingerprint density at radius 1 is 1.40 bits per heavy atom. The van der Waals surface area contributed by atoms with Crippen LogP contribution in [0.4, 0.5) is 0 Å². The molecular weight excluding hydrogens is 210 g/mol. The third-order valence-electron chi connectivity index (χ3n) is 3.23. The number of rotatable bonds is 1. The molecule has 1 unspecified atom stereocenters. The maximum atomic E-state index is 9.51. The first kappa shape index (κ1) is 10.8. The van der Waals surface area contributed by atoms with Crippen LogP contribution in [-0.4, -0.2) is 30.1 Å². The first-order valence-corrected chi connectivity index (χ1v) is 5.63. The highest BCUT2D eigenvalue weighted by Crippen LogP contribution is 2.34. The normalized spacial score (nSPS) is 20.4. The van der Waals surface area contributed by atoms with E-state index in [-0.39, 0.29) is 5.75 Å². The van der Waals surface area contributed by atoms with Gasteiger partial charge in [-0.15, -0.1) is 0 Å². The number of benzene rings is 1. The molecule has 82 valence electrons. The van der Waals surface area contributed by atoms with E-state index in [0.717, 1.165) is 24.8 Å². The number of phenols is 1. The summed E-state index contributed by atoms with van der Waals surface area (Å²) >= 11 is 6.07. The fraction of sp³-hybridized carbons (Fsp3) is 0.500. The van der Waals surface area contributed by atoms with Gasteiger partial charge in [-0.2, -0.15) is 0 Å². The van der Waals surface area contributed by atoms with Gasteiger partial charge >= 0.3 is 0 Å². The van der Waals surface area contributed by atoms with Gasteiger partial charge < -0.3 is 10.0 Å². The monoisotopic (exact) mass is 225 g/mol. The number of halogens is 1. The number of likely N-dealkylation sites (N-methyl/N-ethyl adjacent to an activating group) is 1. The lowest BCUT2D eigenvalue weighted by molar-refractivity contribution is 0.268. The molecule has 1 aliphatic rings. The summed E-state index contributed by atoms with van der Waals surface area (Å²) < 4.78 is 0. The van der Waals surface area contributed by atoms with Crippen molar-refractivity contribution in [3.63, 3.8) is 0 Å². The maximum Gasteiger partial charge on any atom is 0.134 e. The Bertz CT molecular complexity index is 376. The van der Waals surface area contributed by atoms with Gasteiger partial charge in [0.25, 0.3) is 0 Å². The molecule has 0 aromatic heterocycles. The number of aromatic hydroxyl groups is 1. The molecule has 0 heterocycles. The van der Waals surface area contributed by atoms with Gasteiger partial charge in [0.15, 0.2) is 0 Å². The van der Waals surface area contributed by atoms with E-state index in [1.165, 1.54) is 5.56 Å². The topological polar surface area (TPSA) is 23.5 Å². The Kier molecular flexibility index (Phi) is 2.89. The number of fused-ring (bicyclic) bond motifs is 1. The van der Waals surface area contributed by atoms with E-state index in [9.17, 15) is 5.11 Å². The summed E-state index contributed by atoms with van der Waals surface area (Å²) in [6.07, 6.45) is 3.11. The molecule has 0 radical (unpaired) electrons. The summed E-state index contributed by atoms with van der Waals surface area (Å²) in [6, 6.07) is 4.28. The third-order valence-corrected chi connectivity index (χ3v) is 3.65. The van der Waals surface area contributed by atoms with Gasteiger partial charge in [-0.05, 0) is 50.6 Å². The first-order chi connectivity index (χ1) is 7.09. The van der Waals surface area contributed by atoms with Crippen LogP contribution in [0.3, 0.4) is 0 Å². The molecule has 0 aliphatic heterocycles. The summed E-state index contributed by atoms with van der Waals surface area (Å²) in [5.74, 6) is 0.207. The Morgan fingerprint density at radius 2 is 2.13 bits per heavy atom. The van der Waals surface area contributed by atoms with Gasteiger partial charge in [0.05, 0.1) is 5.02 Å². The standard InChI is InChI=1S/C12H16ClNO/c1-14(2)9-4-5-10-8(7-9)3-6-11(15)12(10)13/h3,6,9,15H,4-5,7H2,1-2H3. The fourth-order valence-corrected chi connectivity index (χ4v) is 2.50. The zero-order valence-electron chi connectivity index (χ0n) is 9.13. The smallest absolute Gasteiger partial charge is 0.134 e. The van der Waals surface area contributed by atoms with Crippen molar-refractivity contribution in [2.24, 2.45) is 0 Å². The molecule has 1 aliphatic carbocycles. The second kappa shape index (κ2) is 4.03. The van der Waals surface area contributed by atoms with Crippen LogP contribution in [0, 0.1) is 0 Å². The molecule has 2 nitrogen and oxygen atoms in total. The highest BCUT2D eigenvalue weighted by atomic mass is 35.5. The Morgan fingerprint density at radius 3 is 2.80 bits per heavy atom. The quantitative estimate of drug-likeness (QED) is 0.794. The molecule has 0 spiro atoms. The number of phenolic OH excluding ortho intramolecular Hbond substituents is 1. The fourth-order valence-electron chi connectivity index (χ4n) is 2.22. The molecular formula is C12H16ClNO. The van der Waals surface area contributed by atoms with E-state index in [0.29, 0.717) is 11.1 Å². The molecule has 1 atom stereocenters. The summed E-state index contributed by atoms with van der Waals surface area (Å²) in [7, 11) is 4.22. The molecule has 0 saturated carbocycles. The summed E-state index contributed by atoms with van der Waals surface area (Å²) in [5.41, 5.74) is 2.41. The summed E-state index contributed by atoms with van der Waals surface area (Å²) in [6.45, 7) is 0. The molecule has 0 amide bonds. The second-order valence-electron chi connectivity index (χ2n) is 4.40. The van der Waals surface area contributed by atoms with E-state index in [2.05, 4.69) is 19.0 Å². The molecule has 0 bridgehead atoms. The van der Waals surface area contributed by atoms with Crippen molar-refractivity contribution in [1.82, 2.24) is 4.90 Å². The van der Waals surface area contributed by atoms with Crippen LogP contribution in [0.5, 0.6) is 5.75 Å². The molecule has 3 heteroatoms. The van der Waals surface area contributed by atoms with Gasteiger partial charge in [0.1, 0.15) is 5.75 Å². The van der Waals surface area contributed by atoms with E-state index < -0.39 is 0 Å². The second-order valence-corrected chi connectivity index (χ2v) is 4.77. The highest BCUT2D eigenvalue weighted by Gasteiger charge is 2.22.